The summed E-state index contributed by atoms with van der Waals surface area (Å²) in [7, 11) is 0. The molecule has 0 saturated carbocycles. The van der Waals surface area contributed by atoms with Crippen molar-refractivity contribution in [1.82, 2.24) is 0 Å². The summed E-state index contributed by atoms with van der Waals surface area (Å²) in [5, 5.41) is 0. The van der Waals surface area contributed by atoms with Gasteiger partial charge < -0.3 is 9.47 Å². The minimum atomic E-state index is -0.0471. The van der Waals surface area contributed by atoms with Gasteiger partial charge in [0.05, 0.1) is 12.5 Å². The Hall–Kier alpha value is -0.570. The molecule has 0 aromatic rings. The summed E-state index contributed by atoms with van der Waals surface area (Å²) in [5.41, 5.74) is 0. The maximum atomic E-state index is 11.8. The van der Waals surface area contributed by atoms with Gasteiger partial charge in [-0.25, -0.2) is 0 Å². The number of hydrogen-bond acceptors (Lipinski definition) is 3. The molecule has 0 saturated heterocycles. The van der Waals surface area contributed by atoms with Crippen LogP contribution in [0.5, 0.6) is 0 Å². The predicted molar refractivity (Wildman–Crippen MR) is 88.5 cm³/mol. The van der Waals surface area contributed by atoms with Crippen molar-refractivity contribution in [3.63, 3.8) is 0 Å². The lowest BCUT2D eigenvalue weighted by atomic mass is 10.00. The third-order valence-electron chi connectivity index (χ3n) is 3.85. The van der Waals surface area contributed by atoms with Gasteiger partial charge in [0.2, 0.25) is 0 Å². The van der Waals surface area contributed by atoms with Crippen LogP contribution in [0.15, 0.2) is 0 Å². The summed E-state index contributed by atoms with van der Waals surface area (Å²) in [6, 6.07) is 0. The Balaban J connectivity index is 3.38. The van der Waals surface area contributed by atoms with Crippen molar-refractivity contribution in [3.05, 3.63) is 0 Å². The summed E-state index contributed by atoms with van der Waals surface area (Å²) in [6.45, 7) is 8.15. The minimum Gasteiger partial charge on any atom is -0.463 e. The lowest BCUT2D eigenvalue weighted by Crippen LogP contribution is -2.19. The molecular formula is C18H36O3. The Morgan fingerprint density at radius 2 is 1.48 bits per heavy atom. The molecule has 0 aliphatic rings. The van der Waals surface area contributed by atoms with Gasteiger partial charge in [-0.05, 0) is 19.3 Å². The molecule has 1 unspecified atom stereocenters. The molecule has 0 heterocycles. The number of carbonyl (C=O) groups excluding carboxylic acids is 1. The number of ether oxygens (including phenoxy) is 2. The van der Waals surface area contributed by atoms with E-state index in [1.807, 2.05) is 0 Å². The normalized spacial score (nSPS) is 12.3. The smallest absolute Gasteiger partial charge is 0.308 e. The van der Waals surface area contributed by atoms with E-state index >= 15 is 0 Å². The van der Waals surface area contributed by atoms with E-state index in [0.29, 0.717) is 13.2 Å². The maximum absolute atomic E-state index is 11.8. The molecule has 3 heteroatoms. The van der Waals surface area contributed by atoms with Crippen LogP contribution in [0.25, 0.3) is 0 Å². The highest BCUT2D eigenvalue weighted by molar-refractivity contribution is 5.72. The topological polar surface area (TPSA) is 35.5 Å². The highest BCUT2D eigenvalue weighted by Crippen LogP contribution is 2.14. The predicted octanol–water partition coefficient (Wildman–Crippen LogP) is 5.12. The Kier molecular flexibility index (Phi) is 15.4. The molecule has 0 N–H and O–H groups in total. The quantitative estimate of drug-likeness (QED) is 0.311. The molecule has 0 aromatic heterocycles. The summed E-state index contributed by atoms with van der Waals surface area (Å²) >= 11 is 0. The fourth-order valence-electron chi connectivity index (χ4n) is 2.34. The van der Waals surface area contributed by atoms with Crippen molar-refractivity contribution in [3.8, 4) is 0 Å². The van der Waals surface area contributed by atoms with Gasteiger partial charge in [0.25, 0.3) is 0 Å². The molecule has 21 heavy (non-hydrogen) atoms. The van der Waals surface area contributed by atoms with Crippen LogP contribution in [0.1, 0.15) is 85.0 Å². The largest absolute Gasteiger partial charge is 0.463 e. The summed E-state index contributed by atoms with van der Waals surface area (Å²) in [6.07, 6.45) is 11.7. The Morgan fingerprint density at radius 3 is 2.14 bits per heavy atom. The van der Waals surface area contributed by atoms with Gasteiger partial charge in [-0.2, -0.15) is 0 Å². The van der Waals surface area contributed by atoms with E-state index in [0.717, 1.165) is 38.7 Å². The van der Waals surface area contributed by atoms with Gasteiger partial charge in [-0.15, -0.1) is 0 Å². The molecule has 126 valence electrons. The monoisotopic (exact) mass is 300 g/mol. The Morgan fingerprint density at radius 1 is 0.810 bits per heavy atom. The fourth-order valence-corrected chi connectivity index (χ4v) is 2.34. The second-order valence-corrected chi connectivity index (χ2v) is 5.80. The Labute approximate surface area is 131 Å². The first-order valence-corrected chi connectivity index (χ1v) is 9.00. The molecule has 0 amide bonds. The first-order chi connectivity index (χ1) is 10.3. The summed E-state index contributed by atoms with van der Waals surface area (Å²) in [5.74, 6) is 0.0256. The van der Waals surface area contributed by atoms with Crippen molar-refractivity contribution in [2.24, 2.45) is 5.92 Å². The van der Waals surface area contributed by atoms with E-state index in [9.17, 15) is 4.79 Å². The van der Waals surface area contributed by atoms with E-state index in [1.165, 1.54) is 32.1 Å². The van der Waals surface area contributed by atoms with Crippen molar-refractivity contribution in [1.29, 1.82) is 0 Å². The van der Waals surface area contributed by atoms with Gasteiger partial charge in [-0.3, -0.25) is 4.79 Å². The Bertz CT molecular complexity index is 229. The summed E-state index contributed by atoms with van der Waals surface area (Å²) < 4.78 is 10.8. The second-order valence-electron chi connectivity index (χ2n) is 5.80. The average Bonchev–Trinajstić information content (AvgIpc) is 2.50. The second kappa shape index (κ2) is 15.8. The molecule has 0 radical (unpaired) electrons. The first-order valence-electron chi connectivity index (χ1n) is 9.00. The van der Waals surface area contributed by atoms with Crippen LogP contribution in [-0.4, -0.2) is 25.8 Å². The number of rotatable bonds is 15. The van der Waals surface area contributed by atoms with Crippen molar-refractivity contribution in [2.75, 3.05) is 19.8 Å². The molecule has 0 fully saturated rings. The number of esters is 1. The van der Waals surface area contributed by atoms with E-state index in [1.54, 1.807) is 0 Å². The lowest BCUT2D eigenvalue weighted by Gasteiger charge is -2.13. The van der Waals surface area contributed by atoms with Crippen LogP contribution in [0.2, 0.25) is 0 Å². The highest BCUT2D eigenvalue weighted by atomic mass is 16.6. The van der Waals surface area contributed by atoms with Gasteiger partial charge >= 0.3 is 5.97 Å². The average molecular weight is 300 g/mol. The SMILES string of the molecule is CCCCCCCCOCCOC(=O)C(CC)CCCC. The van der Waals surface area contributed by atoms with Gasteiger partial charge in [0.1, 0.15) is 6.61 Å². The number of unbranched alkanes of at least 4 members (excludes halogenated alkanes) is 6. The van der Waals surface area contributed by atoms with Crippen LogP contribution < -0.4 is 0 Å². The molecule has 0 rings (SSSR count). The molecule has 0 bridgehead atoms. The van der Waals surface area contributed by atoms with E-state index < -0.39 is 0 Å². The zero-order valence-electron chi connectivity index (χ0n) is 14.5. The zero-order valence-corrected chi connectivity index (χ0v) is 14.5. The van der Waals surface area contributed by atoms with Gasteiger partial charge in [-0.1, -0.05) is 65.7 Å². The van der Waals surface area contributed by atoms with Crippen LogP contribution in [0.4, 0.5) is 0 Å². The lowest BCUT2D eigenvalue weighted by molar-refractivity contribution is -0.150. The van der Waals surface area contributed by atoms with E-state index in [2.05, 4.69) is 20.8 Å². The summed E-state index contributed by atoms with van der Waals surface area (Å²) in [4.78, 5) is 11.8. The molecule has 1 atom stereocenters. The van der Waals surface area contributed by atoms with Crippen molar-refractivity contribution < 1.29 is 14.3 Å². The molecule has 0 aliphatic carbocycles. The number of hydrogen-bond donors (Lipinski definition) is 0. The van der Waals surface area contributed by atoms with Crippen LogP contribution in [0, 0.1) is 5.92 Å². The van der Waals surface area contributed by atoms with Crippen LogP contribution >= 0.6 is 0 Å². The molecule has 3 nitrogen and oxygen atoms in total. The van der Waals surface area contributed by atoms with Gasteiger partial charge in [0.15, 0.2) is 0 Å². The first kappa shape index (κ1) is 20.4. The third kappa shape index (κ3) is 12.9. The van der Waals surface area contributed by atoms with E-state index in [4.69, 9.17) is 9.47 Å². The number of carbonyl (C=O) groups is 1. The minimum absolute atomic E-state index is 0.0471. The van der Waals surface area contributed by atoms with Crippen LogP contribution in [-0.2, 0) is 14.3 Å². The maximum Gasteiger partial charge on any atom is 0.308 e. The van der Waals surface area contributed by atoms with Gasteiger partial charge in [0, 0.05) is 6.61 Å². The van der Waals surface area contributed by atoms with E-state index in [-0.39, 0.29) is 11.9 Å². The van der Waals surface area contributed by atoms with Crippen LogP contribution in [0.3, 0.4) is 0 Å². The molecule has 0 aromatic carbocycles. The standard InChI is InChI=1S/C18H36O3/c1-4-7-9-10-11-12-14-20-15-16-21-18(19)17(6-3)13-8-5-2/h17H,4-16H2,1-3H3. The third-order valence-corrected chi connectivity index (χ3v) is 3.85. The van der Waals surface area contributed by atoms with Crippen molar-refractivity contribution in [2.45, 2.75) is 85.0 Å². The highest BCUT2D eigenvalue weighted by Gasteiger charge is 2.16. The zero-order chi connectivity index (χ0) is 15.8. The van der Waals surface area contributed by atoms with Crippen molar-refractivity contribution >= 4 is 5.97 Å². The fraction of sp³-hybridized carbons (Fsp3) is 0.944. The molecule has 0 spiro atoms. The molecule has 0 aliphatic heterocycles. The molecular weight excluding hydrogens is 264 g/mol.